The van der Waals surface area contributed by atoms with Crippen LogP contribution in [0.25, 0.3) is 0 Å². The Morgan fingerprint density at radius 3 is 1.82 bits per heavy atom. The molecule has 2 unspecified atom stereocenters. The maximum absolute atomic E-state index is 10.9. The van der Waals surface area contributed by atoms with Gasteiger partial charge in [0.15, 0.2) is 0 Å². The third-order valence-corrected chi connectivity index (χ3v) is 5.45. The quantitative estimate of drug-likeness (QED) is 0.290. The Morgan fingerprint density at radius 2 is 1.32 bits per heavy atom. The Labute approximate surface area is 159 Å². The summed E-state index contributed by atoms with van der Waals surface area (Å²) in [5, 5.41) is 9.10. The number of unbranched alkanes of at least 4 members (excludes halogenated alkanes) is 6. The van der Waals surface area contributed by atoms with Gasteiger partial charge in [-0.25, -0.2) is 8.42 Å². The van der Waals surface area contributed by atoms with Crippen molar-refractivity contribution in [2.75, 3.05) is 0 Å². The van der Waals surface area contributed by atoms with Crippen molar-refractivity contribution in [2.45, 2.75) is 102 Å². The van der Waals surface area contributed by atoms with E-state index in [2.05, 4.69) is 6.92 Å². The number of hydrogen-bond donors (Lipinski definition) is 1. The molecular formula is C16H33NaO4S. The first-order valence-corrected chi connectivity index (χ1v) is 10.0. The molecule has 0 aliphatic rings. The van der Waals surface area contributed by atoms with Gasteiger partial charge in [0.25, 0.3) is 0 Å². The molecule has 0 aliphatic heterocycles. The smallest absolute Gasteiger partial charge is 0.748 e. The van der Waals surface area contributed by atoms with E-state index in [1.807, 2.05) is 0 Å². The second-order valence-electron chi connectivity index (χ2n) is 6.02. The van der Waals surface area contributed by atoms with Crippen molar-refractivity contribution >= 4 is 10.1 Å². The zero-order valence-corrected chi connectivity index (χ0v) is 17.5. The van der Waals surface area contributed by atoms with Crippen molar-refractivity contribution in [3.63, 3.8) is 0 Å². The SMILES string of the molecule is CCCCCCCCC(O)CCCCC(CC)S(=O)(=O)[O-].[Na+]. The van der Waals surface area contributed by atoms with Gasteiger partial charge in [0, 0.05) is 5.25 Å². The van der Waals surface area contributed by atoms with Gasteiger partial charge in [-0.2, -0.15) is 0 Å². The molecule has 0 aromatic rings. The maximum Gasteiger partial charge on any atom is 1.00 e. The number of rotatable bonds is 14. The first-order valence-electron chi connectivity index (χ1n) is 8.54. The average Bonchev–Trinajstić information content (AvgIpc) is 2.41. The van der Waals surface area contributed by atoms with Gasteiger partial charge in [0.1, 0.15) is 0 Å². The van der Waals surface area contributed by atoms with Crippen molar-refractivity contribution in [3.05, 3.63) is 0 Å². The Bertz CT molecular complexity index is 333. The predicted molar refractivity (Wildman–Crippen MR) is 86.2 cm³/mol. The van der Waals surface area contributed by atoms with Crippen LogP contribution in [0.3, 0.4) is 0 Å². The van der Waals surface area contributed by atoms with Crippen molar-refractivity contribution in [1.29, 1.82) is 0 Å². The normalized spacial score (nSPS) is 14.4. The molecule has 0 aromatic carbocycles. The van der Waals surface area contributed by atoms with Crippen LogP contribution in [0.5, 0.6) is 0 Å². The Hall–Kier alpha value is 0.870. The summed E-state index contributed by atoms with van der Waals surface area (Å²) in [5.74, 6) is 0. The van der Waals surface area contributed by atoms with Crippen LogP contribution in [0.1, 0.15) is 90.9 Å². The number of aliphatic hydroxyl groups excluding tert-OH is 1. The third-order valence-electron chi connectivity index (χ3n) is 4.07. The third kappa shape index (κ3) is 14.5. The van der Waals surface area contributed by atoms with Crippen LogP contribution >= 0.6 is 0 Å². The molecule has 0 fully saturated rings. The van der Waals surface area contributed by atoms with Gasteiger partial charge in [0.05, 0.1) is 16.2 Å². The van der Waals surface area contributed by atoms with Gasteiger partial charge < -0.3 is 9.66 Å². The van der Waals surface area contributed by atoms with E-state index in [9.17, 15) is 18.1 Å². The molecular weight excluding hydrogens is 311 g/mol. The molecule has 0 saturated heterocycles. The van der Waals surface area contributed by atoms with Gasteiger partial charge in [0.2, 0.25) is 0 Å². The maximum atomic E-state index is 10.9. The molecule has 0 amide bonds. The van der Waals surface area contributed by atoms with Crippen molar-refractivity contribution < 1.29 is 47.6 Å². The first-order chi connectivity index (χ1) is 9.91. The van der Waals surface area contributed by atoms with E-state index < -0.39 is 15.4 Å². The molecule has 4 nitrogen and oxygen atoms in total. The average molecular weight is 344 g/mol. The fourth-order valence-corrected chi connectivity index (χ4v) is 3.47. The molecule has 2 atom stereocenters. The zero-order valence-electron chi connectivity index (χ0n) is 14.7. The minimum absolute atomic E-state index is 0. The summed E-state index contributed by atoms with van der Waals surface area (Å²) in [6.45, 7) is 3.93. The van der Waals surface area contributed by atoms with Crippen LogP contribution in [0.15, 0.2) is 0 Å². The molecule has 6 heteroatoms. The van der Waals surface area contributed by atoms with Crippen molar-refractivity contribution in [2.24, 2.45) is 0 Å². The van der Waals surface area contributed by atoms with E-state index in [0.717, 1.165) is 19.3 Å². The van der Waals surface area contributed by atoms with Crippen LogP contribution in [0.4, 0.5) is 0 Å². The van der Waals surface area contributed by atoms with Crippen molar-refractivity contribution in [3.8, 4) is 0 Å². The summed E-state index contributed by atoms with van der Waals surface area (Å²) in [7, 11) is -4.15. The monoisotopic (exact) mass is 344 g/mol. The standard InChI is InChI=1S/C16H34O4S.Na/c1-3-5-6-7-8-9-12-15(17)13-10-11-14-16(4-2)21(18,19)20;/h15-17H,3-14H2,1-2H3,(H,18,19,20);/q;+1/p-1. The first kappa shape index (κ1) is 25.1. The molecule has 1 N–H and O–H groups in total. The Balaban J connectivity index is 0. The van der Waals surface area contributed by atoms with Gasteiger partial charge in [-0.1, -0.05) is 65.2 Å². The van der Waals surface area contributed by atoms with Crippen LogP contribution in [0.2, 0.25) is 0 Å². The van der Waals surface area contributed by atoms with E-state index >= 15 is 0 Å². The number of hydrogen-bond acceptors (Lipinski definition) is 4. The molecule has 22 heavy (non-hydrogen) atoms. The molecule has 0 heterocycles. The summed E-state index contributed by atoms with van der Waals surface area (Å²) in [6, 6.07) is 0. The van der Waals surface area contributed by atoms with Gasteiger partial charge in [-0.15, -0.1) is 0 Å². The molecule has 0 aliphatic carbocycles. The summed E-state index contributed by atoms with van der Waals surface area (Å²) in [6.07, 6.45) is 10.9. The molecule has 0 bridgehead atoms. The van der Waals surface area contributed by atoms with Gasteiger partial charge in [-0.3, -0.25) is 0 Å². The largest absolute Gasteiger partial charge is 1.00 e. The van der Waals surface area contributed by atoms with Gasteiger partial charge in [-0.05, 0) is 25.7 Å². The Morgan fingerprint density at radius 1 is 0.864 bits per heavy atom. The molecule has 0 rings (SSSR count). The van der Waals surface area contributed by atoms with Crippen LogP contribution in [-0.4, -0.2) is 29.4 Å². The second kappa shape index (κ2) is 15.4. The Kier molecular flexibility index (Phi) is 17.6. The van der Waals surface area contributed by atoms with E-state index in [0.29, 0.717) is 25.7 Å². The van der Waals surface area contributed by atoms with E-state index in [-0.39, 0.29) is 35.7 Å². The fraction of sp³-hybridized carbons (Fsp3) is 1.00. The summed E-state index contributed by atoms with van der Waals surface area (Å²) in [4.78, 5) is 0. The van der Waals surface area contributed by atoms with Crippen LogP contribution in [-0.2, 0) is 10.1 Å². The predicted octanol–water partition coefficient (Wildman–Crippen LogP) is 0.986. The topological polar surface area (TPSA) is 77.4 Å². The summed E-state index contributed by atoms with van der Waals surface area (Å²) < 4.78 is 32.8. The van der Waals surface area contributed by atoms with E-state index in [4.69, 9.17) is 0 Å². The molecule has 0 radical (unpaired) electrons. The van der Waals surface area contributed by atoms with Crippen LogP contribution < -0.4 is 29.6 Å². The summed E-state index contributed by atoms with van der Waals surface area (Å²) >= 11 is 0. The molecule has 0 saturated carbocycles. The van der Waals surface area contributed by atoms with Gasteiger partial charge >= 0.3 is 29.6 Å². The minimum Gasteiger partial charge on any atom is -0.748 e. The van der Waals surface area contributed by atoms with E-state index in [1.165, 1.54) is 32.1 Å². The van der Waals surface area contributed by atoms with E-state index in [1.54, 1.807) is 6.92 Å². The summed E-state index contributed by atoms with van der Waals surface area (Å²) in [5.41, 5.74) is 0. The number of aliphatic hydroxyl groups is 1. The fourth-order valence-electron chi connectivity index (χ4n) is 2.61. The van der Waals surface area contributed by atoms with Crippen molar-refractivity contribution in [1.82, 2.24) is 0 Å². The molecule has 128 valence electrons. The zero-order chi connectivity index (χ0) is 16.1. The second-order valence-corrected chi connectivity index (χ2v) is 7.67. The minimum atomic E-state index is -4.15. The molecule has 0 spiro atoms. The van der Waals surface area contributed by atoms with Crippen LogP contribution in [0, 0.1) is 0 Å². The molecule has 0 aromatic heterocycles.